The zero-order valence-electron chi connectivity index (χ0n) is 5.63. The molecule has 0 aromatic rings. The summed E-state index contributed by atoms with van der Waals surface area (Å²) in [5.74, 6) is -2.55. The number of hydrogen-bond donors (Lipinski definition) is 1. The highest BCUT2D eigenvalue weighted by Gasteiger charge is 2.73. The second-order valence-corrected chi connectivity index (χ2v) is 3.21. The second kappa shape index (κ2) is 3.03. The third-order valence-corrected chi connectivity index (χ3v) is 2.41. The van der Waals surface area contributed by atoms with Gasteiger partial charge in [0.15, 0.2) is 0 Å². The van der Waals surface area contributed by atoms with E-state index < -0.39 is 22.6 Å². The van der Waals surface area contributed by atoms with Gasteiger partial charge in [0.1, 0.15) is 0 Å². The Morgan fingerprint density at radius 2 is 1.23 bits per heavy atom. The Labute approximate surface area is 76.2 Å². The summed E-state index contributed by atoms with van der Waals surface area (Å²) in [5, 5.41) is 0. The van der Waals surface area contributed by atoms with Crippen molar-refractivity contribution < 1.29 is 31.1 Å². The van der Waals surface area contributed by atoms with Gasteiger partial charge in [0.05, 0.1) is 0 Å². The number of alkyl halides is 7. The average Bonchev–Trinajstić information content (AvgIpc) is 1.80. The molecule has 0 aliphatic heterocycles. The van der Waals surface area contributed by atoms with Crippen LogP contribution >= 0.6 is 15.9 Å². The predicted molar refractivity (Wildman–Crippen MR) is 33.0 cm³/mol. The molecule has 13 heavy (non-hydrogen) atoms. The molecule has 0 unspecified atom stereocenters. The van der Waals surface area contributed by atoms with E-state index in [1.807, 2.05) is 0 Å². The van der Waals surface area contributed by atoms with Crippen molar-refractivity contribution in [3.05, 3.63) is 0 Å². The molecule has 0 aromatic carbocycles. The monoisotopic (exact) mass is 273 g/mol. The standard InChI is InChI=1S/C4H2BrF6NO/c5-2(1(12)13,3(6,7)8)4(9,10)11/h(H2,12,13). The van der Waals surface area contributed by atoms with Crippen molar-refractivity contribution in [2.45, 2.75) is 16.7 Å². The molecule has 0 saturated heterocycles. The van der Waals surface area contributed by atoms with E-state index in [1.54, 1.807) is 0 Å². The number of nitrogens with two attached hydrogens (primary N) is 1. The first-order chi connectivity index (χ1) is 5.44. The van der Waals surface area contributed by atoms with Gasteiger partial charge in [0.25, 0.3) is 10.2 Å². The van der Waals surface area contributed by atoms with Crippen LogP contribution in [0.15, 0.2) is 0 Å². The van der Waals surface area contributed by atoms with E-state index in [2.05, 4.69) is 5.73 Å². The molecule has 0 radical (unpaired) electrons. The maximum atomic E-state index is 11.8. The van der Waals surface area contributed by atoms with Crippen LogP contribution in [0, 0.1) is 0 Å². The maximum Gasteiger partial charge on any atom is 0.421 e. The van der Waals surface area contributed by atoms with Gasteiger partial charge >= 0.3 is 12.4 Å². The SMILES string of the molecule is NC(=O)C(Br)(C(F)(F)F)C(F)(F)F. The number of halogens is 7. The number of carbonyl (C=O) groups excluding carboxylic acids is 1. The quantitative estimate of drug-likeness (QED) is 0.574. The maximum absolute atomic E-state index is 11.8. The number of rotatable bonds is 1. The van der Waals surface area contributed by atoms with E-state index in [0.717, 1.165) is 0 Å². The molecule has 0 aliphatic carbocycles. The molecule has 78 valence electrons. The minimum Gasteiger partial charge on any atom is -0.368 e. The van der Waals surface area contributed by atoms with Gasteiger partial charge in [-0.15, -0.1) is 0 Å². The van der Waals surface area contributed by atoms with E-state index in [4.69, 9.17) is 0 Å². The van der Waals surface area contributed by atoms with Gasteiger partial charge in [-0.2, -0.15) is 26.3 Å². The second-order valence-electron chi connectivity index (χ2n) is 2.02. The van der Waals surface area contributed by atoms with Crippen LogP contribution in [0.1, 0.15) is 0 Å². The van der Waals surface area contributed by atoms with E-state index >= 15 is 0 Å². The van der Waals surface area contributed by atoms with Crippen LogP contribution in [0.4, 0.5) is 26.3 Å². The minimum absolute atomic E-state index is 1.27. The first-order valence-corrected chi connectivity index (χ1v) is 3.36. The van der Waals surface area contributed by atoms with Crippen LogP contribution in [-0.4, -0.2) is 22.6 Å². The van der Waals surface area contributed by atoms with Gasteiger partial charge in [-0.3, -0.25) is 4.79 Å². The molecule has 0 rings (SSSR count). The van der Waals surface area contributed by atoms with E-state index in [0.29, 0.717) is 0 Å². The van der Waals surface area contributed by atoms with Crippen molar-refractivity contribution in [1.29, 1.82) is 0 Å². The van der Waals surface area contributed by atoms with Crippen molar-refractivity contribution in [3.8, 4) is 0 Å². The first-order valence-electron chi connectivity index (χ1n) is 2.57. The molecule has 0 spiro atoms. The van der Waals surface area contributed by atoms with Crippen molar-refractivity contribution in [1.82, 2.24) is 0 Å². The topological polar surface area (TPSA) is 43.1 Å². The molecular formula is C4H2BrF6NO. The fraction of sp³-hybridized carbons (Fsp3) is 0.750. The van der Waals surface area contributed by atoms with Crippen molar-refractivity contribution in [3.63, 3.8) is 0 Å². The molecule has 0 aliphatic rings. The van der Waals surface area contributed by atoms with E-state index in [-0.39, 0.29) is 0 Å². The highest BCUT2D eigenvalue weighted by Crippen LogP contribution is 2.48. The summed E-state index contributed by atoms with van der Waals surface area (Å²) in [6.07, 6.45) is -11.6. The van der Waals surface area contributed by atoms with Crippen LogP contribution in [0.3, 0.4) is 0 Å². The molecule has 0 fully saturated rings. The molecule has 0 saturated carbocycles. The zero-order valence-corrected chi connectivity index (χ0v) is 7.22. The molecule has 9 heteroatoms. The van der Waals surface area contributed by atoms with Gasteiger partial charge in [-0.25, -0.2) is 0 Å². The van der Waals surface area contributed by atoms with Crippen molar-refractivity contribution in [2.24, 2.45) is 5.73 Å². The predicted octanol–water partition coefficient (Wildman–Crippen LogP) is 1.73. The molecule has 2 N–H and O–H groups in total. The molecule has 2 nitrogen and oxygen atoms in total. The van der Waals surface area contributed by atoms with Gasteiger partial charge in [-0.05, 0) is 0 Å². The molecule has 0 heterocycles. The van der Waals surface area contributed by atoms with Gasteiger partial charge < -0.3 is 5.73 Å². The van der Waals surface area contributed by atoms with Crippen molar-refractivity contribution >= 4 is 21.8 Å². The molecule has 0 atom stereocenters. The molecule has 0 bridgehead atoms. The van der Waals surface area contributed by atoms with Crippen molar-refractivity contribution in [2.75, 3.05) is 0 Å². The van der Waals surface area contributed by atoms with Crippen LogP contribution < -0.4 is 5.73 Å². The fourth-order valence-electron chi connectivity index (χ4n) is 0.440. The summed E-state index contributed by atoms with van der Waals surface area (Å²) >= 11 is 1.27. The Hall–Kier alpha value is -0.470. The summed E-state index contributed by atoms with van der Waals surface area (Å²) in [5.41, 5.74) is 4.02. The lowest BCUT2D eigenvalue weighted by molar-refractivity contribution is -0.253. The van der Waals surface area contributed by atoms with Crippen LogP contribution in [0.2, 0.25) is 0 Å². The first kappa shape index (κ1) is 12.5. The fourth-order valence-corrected chi connectivity index (χ4v) is 0.440. The molecule has 0 aromatic heterocycles. The summed E-state index contributed by atoms with van der Waals surface area (Å²) in [6.45, 7) is 0. The van der Waals surface area contributed by atoms with Gasteiger partial charge in [0.2, 0.25) is 0 Å². The minimum atomic E-state index is -5.82. The van der Waals surface area contributed by atoms with E-state index in [1.165, 1.54) is 15.9 Å². The third-order valence-electron chi connectivity index (χ3n) is 1.12. The highest BCUT2D eigenvalue weighted by molar-refractivity contribution is 9.10. The summed E-state index contributed by atoms with van der Waals surface area (Å²) in [4.78, 5) is 10.0. The zero-order chi connectivity index (χ0) is 11.1. The summed E-state index contributed by atoms with van der Waals surface area (Å²) in [6, 6.07) is 0. The van der Waals surface area contributed by atoms with Crippen LogP contribution in [0.25, 0.3) is 0 Å². The Bertz CT molecular complexity index is 206. The van der Waals surface area contributed by atoms with E-state index in [9.17, 15) is 31.1 Å². The van der Waals surface area contributed by atoms with Crippen LogP contribution in [0.5, 0.6) is 0 Å². The Kier molecular flexibility index (Phi) is 2.92. The third kappa shape index (κ3) is 1.89. The average molecular weight is 274 g/mol. The Morgan fingerprint density at radius 3 is 1.23 bits per heavy atom. The van der Waals surface area contributed by atoms with Gasteiger partial charge in [0, 0.05) is 0 Å². The lowest BCUT2D eigenvalue weighted by Crippen LogP contribution is -2.60. The number of hydrogen-bond acceptors (Lipinski definition) is 1. The normalized spacial score (nSPS) is 14.4. The lowest BCUT2D eigenvalue weighted by Gasteiger charge is -2.28. The molecule has 1 amide bonds. The van der Waals surface area contributed by atoms with Gasteiger partial charge in [-0.1, -0.05) is 15.9 Å². The highest BCUT2D eigenvalue weighted by atomic mass is 79.9. The number of carbonyl (C=O) groups is 1. The largest absolute Gasteiger partial charge is 0.421 e. The number of primary amides is 1. The Balaban J connectivity index is 5.35. The van der Waals surface area contributed by atoms with Crippen LogP contribution in [-0.2, 0) is 4.79 Å². The molecular weight excluding hydrogens is 272 g/mol. The summed E-state index contributed by atoms with van der Waals surface area (Å²) in [7, 11) is 0. The Morgan fingerprint density at radius 1 is 1.00 bits per heavy atom. The smallest absolute Gasteiger partial charge is 0.368 e. The lowest BCUT2D eigenvalue weighted by atomic mass is 10.1. The summed E-state index contributed by atoms with van der Waals surface area (Å²) < 4.78 is 66.0. The number of amides is 1.